The molecule has 0 radical (unpaired) electrons. The molecule has 0 unspecified atom stereocenters. The Morgan fingerprint density at radius 1 is 1.38 bits per heavy atom. The van der Waals surface area contributed by atoms with E-state index in [9.17, 15) is 4.79 Å². The highest BCUT2D eigenvalue weighted by Gasteiger charge is 2.20. The van der Waals surface area contributed by atoms with E-state index in [1.54, 1.807) is 25.3 Å². The maximum atomic E-state index is 11.7. The number of guanidine groups is 1. The fraction of sp³-hybridized carbons (Fsp3) is 0.688. The molecular formula is C16H28N6O2. The van der Waals surface area contributed by atoms with Crippen molar-refractivity contribution in [1.29, 1.82) is 0 Å². The lowest BCUT2D eigenvalue weighted by Gasteiger charge is -2.36. The molecule has 8 heteroatoms. The van der Waals surface area contributed by atoms with Gasteiger partial charge in [0.05, 0.1) is 12.2 Å². The minimum Gasteiger partial charge on any atom is -0.364 e. The topological polar surface area (TPSA) is 77.2 Å². The molecule has 1 saturated heterocycles. The van der Waals surface area contributed by atoms with Crippen molar-refractivity contribution in [1.82, 2.24) is 25.2 Å². The molecule has 1 amide bonds. The highest BCUT2D eigenvalue weighted by atomic mass is 16.5. The number of hydrogen-bond acceptors (Lipinski definition) is 5. The zero-order valence-corrected chi connectivity index (χ0v) is 14.9. The molecule has 0 bridgehead atoms. The number of carbonyl (C=O) groups excluding carboxylic acids is 1. The van der Waals surface area contributed by atoms with Gasteiger partial charge in [0, 0.05) is 65.9 Å². The fourth-order valence-corrected chi connectivity index (χ4v) is 2.57. The van der Waals surface area contributed by atoms with Crippen LogP contribution in [0.25, 0.3) is 0 Å². The van der Waals surface area contributed by atoms with Gasteiger partial charge in [-0.05, 0) is 6.92 Å². The fourth-order valence-electron chi connectivity index (χ4n) is 2.57. The predicted molar refractivity (Wildman–Crippen MR) is 92.6 cm³/mol. The van der Waals surface area contributed by atoms with Gasteiger partial charge >= 0.3 is 0 Å². The molecule has 0 spiro atoms. The highest BCUT2D eigenvalue weighted by Crippen LogP contribution is 2.07. The normalized spacial score (nSPS) is 16.3. The largest absolute Gasteiger partial charge is 0.364 e. The molecule has 1 aromatic heterocycles. The summed E-state index contributed by atoms with van der Waals surface area (Å²) in [6.07, 6.45) is 2.05. The lowest BCUT2D eigenvalue weighted by Crippen LogP contribution is -2.52. The van der Waals surface area contributed by atoms with E-state index >= 15 is 0 Å². The van der Waals surface area contributed by atoms with Crippen molar-refractivity contribution < 1.29 is 9.32 Å². The quantitative estimate of drug-likeness (QED) is 0.592. The van der Waals surface area contributed by atoms with Gasteiger partial charge in [-0.25, -0.2) is 0 Å². The summed E-state index contributed by atoms with van der Waals surface area (Å²) in [6, 6.07) is 1.90. The monoisotopic (exact) mass is 336 g/mol. The number of nitrogens with zero attached hydrogens (tertiary/aromatic N) is 5. The highest BCUT2D eigenvalue weighted by molar-refractivity contribution is 5.81. The van der Waals surface area contributed by atoms with Crippen LogP contribution < -0.4 is 5.32 Å². The third-order valence-corrected chi connectivity index (χ3v) is 3.97. The van der Waals surface area contributed by atoms with Crippen molar-refractivity contribution in [2.45, 2.75) is 19.9 Å². The van der Waals surface area contributed by atoms with E-state index in [0.717, 1.165) is 50.9 Å². The third kappa shape index (κ3) is 5.52. The molecule has 1 aliphatic heterocycles. The van der Waals surface area contributed by atoms with Crippen LogP contribution in [0.3, 0.4) is 0 Å². The molecule has 1 aliphatic rings. The first-order valence-electron chi connectivity index (χ1n) is 8.45. The minimum absolute atomic E-state index is 0.104. The van der Waals surface area contributed by atoms with Gasteiger partial charge in [-0.1, -0.05) is 5.16 Å². The molecule has 1 N–H and O–H groups in total. The molecule has 0 atom stereocenters. The molecule has 134 valence electrons. The predicted octanol–water partition coefficient (Wildman–Crippen LogP) is 0.236. The summed E-state index contributed by atoms with van der Waals surface area (Å²) in [5.41, 5.74) is 0.964. The number of nitrogens with one attached hydrogen (secondary N) is 1. The van der Waals surface area contributed by atoms with Gasteiger partial charge in [-0.15, -0.1) is 0 Å². The SMILES string of the molecule is CCNC(=NCCC(=O)N(C)C)N1CCN(Cc2ccon2)CC1. The van der Waals surface area contributed by atoms with E-state index in [-0.39, 0.29) is 5.91 Å². The van der Waals surface area contributed by atoms with Gasteiger partial charge < -0.3 is 19.6 Å². The number of rotatable bonds is 6. The third-order valence-electron chi connectivity index (χ3n) is 3.97. The summed E-state index contributed by atoms with van der Waals surface area (Å²) >= 11 is 0. The maximum absolute atomic E-state index is 11.7. The van der Waals surface area contributed by atoms with E-state index in [1.165, 1.54) is 0 Å². The molecular weight excluding hydrogens is 308 g/mol. The molecule has 0 aromatic carbocycles. The van der Waals surface area contributed by atoms with Gasteiger partial charge in [0.15, 0.2) is 5.96 Å². The molecule has 0 aliphatic carbocycles. The molecule has 1 fully saturated rings. The second-order valence-corrected chi connectivity index (χ2v) is 6.03. The maximum Gasteiger partial charge on any atom is 0.223 e. The molecule has 2 rings (SSSR count). The Labute approximate surface area is 143 Å². The van der Waals surface area contributed by atoms with Crippen LogP contribution in [0, 0.1) is 0 Å². The van der Waals surface area contributed by atoms with Gasteiger partial charge in [0.1, 0.15) is 6.26 Å². The number of aromatic nitrogens is 1. The van der Waals surface area contributed by atoms with Crippen LogP contribution in [0.15, 0.2) is 21.8 Å². The van der Waals surface area contributed by atoms with Gasteiger partial charge in [-0.2, -0.15) is 0 Å². The molecule has 8 nitrogen and oxygen atoms in total. The van der Waals surface area contributed by atoms with E-state index in [0.29, 0.717) is 13.0 Å². The van der Waals surface area contributed by atoms with Crippen LogP contribution in [0.4, 0.5) is 0 Å². The molecule has 0 saturated carbocycles. The van der Waals surface area contributed by atoms with Crippen LogP contribution in [0.2, 0.25) is 0 Å². The van der Waals surface area contributed by atoms with E-state index in [4.69, 9.17) is 4.52 Å². The molecule has 1 aromatic rings. The molecule has 24 heavy (non-hydrogen) atoms. The smallest absolute Gasteiger partial charge is 0.223 e. The number of carbonyl (C=O) groups is 1. The average Bonchev–Trinajstić information content (AvgIpc) is 3.07. The van der Waals surface area contributed by atoms with Crippen molar-refractivity contribution >= 4 is 11.9 Å². The van der Waals surface area contributed by atoms with Crippen LogP contribution in [0.1, 0.15) is 19.0 Å². The zero-order chi connectivity index (χ0) is 17.4. The van der Waals surface area contributed by atoms with Crippen molar-refractivity contribution in [2.75, 3.05) is 53.4 Å². The summed E-state index contributed by atoms with van der Waals surface area (Å²) in [5.74, 6) is 0.997. The van der Waals surface area contributed by atoms with Crippen LogP contribution >= 0.6 is 0 Å². The Bertz CT molecular complexity index is 521. The zero-order valence-electron chi connectivity index (χ0n) is 14.9. The van der Waals surface area contributed by atoms with Crippen LogP contribution in [0.5, 0.6) is 0 Å². The summed E-state index contributed by atoms with van der Waals surface area (Å²) in [6.45, 7) is 7.92. The average molecular weight is 336 g/mol. The number of hydrogen-bond donors (Lipinski definition) is 1. The Kier molecular flexibility index (Phi) is 7.05. The standard InChI is InChI=1S/C16H28N6O2/c1-4-17-16(18-7-5-15(23)20(2)3)22-10-8-21(9-11-22)13-14-6-12-24-19-14/h6,12H,4-5,7-11,13H2,1-3H3,(H,17,18). The summed E-state index contributed by atoms with van der Waals surface area (Å²) in [5, 5.41) is 7.28. The van der Waals surface area contributed by atoms with Gasteiger partial charge in [0.25, 0.3) is 0 Å². The van der Waals surface area contributed by atoms with E-state index in [1.807, 2.05) is 6.07 Å². The summed E-state index contributed by atoms with van der Waals surface area (Å²) in [7, 11) is 3.54. The molecule has 2 heterocycles. The first-order valence-corrected chi connectivity index (χ1v) is 8.45. The van der Waals surface area contributed by atoms with Crippen LogP contribution in [-0.4, -0.2) is 85.1 Å². The van der Waals surface area contributed by atoms with Crippen LogP contribution in [-0.2, 0) is 11.3 Å². The minimum atomic E-state index is 0.104. The Morgan fingerprint density at radius 2 is 2.12 bits per heavy atom. The first kappa shape index (κ1) is 18.3. The van der Waals surface area contributed by atoms with E-state index < -0.39 is 0 Å². The van der Waals surface area contributed by atoms with Gasteiger partial charge in [0.2, 0.25) is 5.91 Å². The number of aliphatic imine (C=N–C) groups is 1. The first-order chi connectivity index (χ1) is 11.6. The van der Waals surface area contributed by atoms with Crippen molar-refractivity contribution in [3.63, 3.8) is 0 Å². The second-order valence-electron chi connectivity index (χ2n) is 6.03. The van der Waals surface area contributed by atoms with Crippen molar-refractivity contribution in [3.05, 3.63) is 18.0 Å². The Hall–Kier alpha value is -2.09. The van der Waals surface area contributed by atoms with E-state index in [2.05, 4.69) is 32.2 Å². The Morgan fingerprint density at radius 3 is 2.71 bits per heavy atom. The lowest BCUT2D eigenvalue weighted by molar-refractivity contribution is -0.128. The Balaban J connectivity index is 1.82. The second kappa shape index (κ2) is 9.27. The van der Waals surface area contributed by atoms with Crippen molar-refractivity contribution in [3.8, 4) is 0 Å². The number of amides is 1. The lowest BCUT2D eigenvalue weighted by atomic mass is 10.3. The summed E-state index contributed by atoms with van der Waals surface area (Å²) in [4.78, 5) is 22.5. The summed E-state index contributed by atoms with van der Waals surface area (Å²) < 4.78 is 4.88. The van der Waals surface area contributed by atoms with Crippen molar-refractivity contribution in [2.24, 2.45) is 4.99 Å². The number of piperazine rings is 1. The van der Waals surface area contributed by atoms with Gasteiger partial charge in [-0.3, -0.25) is 14.7 Å².